The van der Waals surface area contributed by atoms with Crippen LogP contribution in [0.15, 0.2) is 77.8 Å². The maximum atomic E-state index is 15.2. The number of ether oxygens (including phenoxy) is 1. The van der Waals surface area contributed by atoms with Crippen molar-refractivity contribution in [2.75, 3.05) is 14.2 Å². The minimum absolute atomic E-state index is 0.146. The molecule has 29 heavy (non-hydrogen) atoms. The number of nitrogens with two attached hydrogens (primary N) is 1. The van der Waals surface area contributed by atoms with Crippen LogP contribution in [0.5, 0.6) is 5.75 Å². The zero-order valence-electron chi connectivity index (χ0n) is 16.2. The molecule has 5 nitrogen and oxygen atoms in total. The van der Waals surface area contributed by atoms with Crippen LogP contribution in [0.4, 0.5) is 4.39 Å². The fourth-order valence-electron chi connectivity index (χ4n) is 3.78. The minimum atomic E-state index is -1.38. The molecule has 0 spiro atoms. The fraction of sp³-hybridized carbons (Fsp3) is 0.174. The molecule has 2 atom stereocenters. The molecule has 0 bridgehead atoms. The smallest absolute Gasteiger partial charge is 0.194 e. The molecule has 0 saturated carbocycles. The molecule has 1 heterocycles. The van der Waals surface area contributed by atoms with Gasteiger partial charge in [-0.25, -0.2) is 9.38 Å². The van der Waals surface area contributed by atoms with Gasteiger partial charge >= 0.3 is 0 Å². The lowest BCUT2D eigenvalue weighted by Gasteiger charge is -2.33. The maximum Gasteiger partial charge on any atom is 0.194 e. The maximum absolute atomic E-state index is 15.2. The van der Waals surface area contributed by atoms with E-state index in [0.717, 1.165) is 11.1 Å². The molecule has 4 rings (SSSR count). The van der Waals surface area contributed by atoms with Gasteiger partial charge in [-0.3, -0.25) is 0 Å². The van der Waals surface area contributed by atoms with Crippen LogP contribution < -0.4 is 10.5 Å². The van der Waals surface area contributed by atoms with E-state index in [1.165, 1.54) is 11.0 Å². The molecule has 6 heteroatoms. The Bertz CT molecular complexity index is 1070. The number of hydrogen-bond donors (Lipinski definition) is 2. The van der Waals surface area contributed by atoms with Crippen LogP contribution in [0.25, 0.3) is 11.1 Å². The van der Waals surface area contributed by atoms with E-state index in [-0.39, 0.29) is 11.5 Å². The van der Waals surface area contributed by atoms with Crippen molar-refractivity contribution in [3.63, 3.8) is 0 Å². The zero-order chi connectivity index (χ0) is 20.6. The Kier molecular flexibility index (Phi) is 4.72. The zero-order valence-corrected chi connectivity index (χ0v) is 16.2. The van der Waals surface area contributed by atoms with Crippen LogP contribution >= 0.6 is 0 Å². The molecular weight excluding hydrogens is 369 g/mol. The SMILES string of the molecule is COc1cccc(-c2ccc(F)c(C3(c4ccccc4)N=C(N)N(C)C3O)c2)c1. The highest BCUT2D eigenvalue weighted by atomic mass is 19.1. The number of hydrogen-bond acceptors (Lipinski definition) is 5. The van der Waals surface area contributed by atoms with Crippen molar-refractivity contribution >= 4 is 5.96 Å². The Hall–Kier alpha value is -3.38. The standard InChI is InChI=1S/C23H22FN3O2/c1-27-21(28)23(26-22(27)25,17-8-4-3-5-9-17)19-14-16(11-12-20(19)24)15-7-6-10-18(13-15)29-2/h3-14,21,28H,1-2H3,(H2,25,26). The first-order valence-electron chi connectivity index (χ1n) is 9.23. The van der Waals surface area contributed by atoms with Gasteiger partial charge in [0.2, 0.25) is 0 Å². The molecule has 0 amide bonds. The third-order valence-corrected chi connectivity index (χ3v) is 5.39. The van der Waals surface area contributed by atoms with Crippen LogP contribution in [0, 0.1) is 5.82 Å². The molecule has 2 unspecified atom stereocenters. The minimum Gasteiger partial charge on any atom is -0.497 e. The van der Waals surface area contributed by atoms with Crippen molar-refractivity contribution in [1.82, 2.24) is 4.90 Å². The van der Waals surface area contributed by atoms with Crippen molar-refractivity contribution in [3.8, 4) is 16.9 Å². The van der Waals surface area contributed by atoms with E-state index >= 15 is 4.39 Å². The number of guanidine groups is 1. The summed E-state index contributed by atoms with van der Waals surface area (Å²) in [5, 5.41) is 11.1. The number of aliphatic hydroxyl groups is 1. The lowest BCUT2D eigenvalue weighted by atomic mass is 9.80. The van der Waals surface area contributed by atoms with Crippen molar-refractivity contribution in [1.29, 1.82) is 0 Å². The molecule has 3 aromatic carbocycles. The van der Waals surface area contributed by atoms with Gasteiger partial charge in [0.25, 0.3) is 0 Å². The second-order valence-corrected chi connectivity index (χ2v) is 7.01. The molecule has 0 saturated heterocycles. The van der Waals surface area contributed by atoms with Crippen molar-refractivity contribution in [2.24, 2.45) is 10.7 Å². The number of likely N-dealkylation sites (N-methyl/N-ethyl adjacent to an activating group) is 1. The van der Waals surface area contributed by atoms with Gasteiger partial charge in [-0.2, -0.15) is 0 Å². The van der Waals surface area contributed by atoms with Gasteiger partial charge in [0.05, 0.1) is 7.11 Å². The van der Waals surface area contributed by atoms with Gasteiger partial charge in [0.15, 0.2) is 17.7 Å². The first kappa shape index (κ1) is 19.0. The number of halogens is 1. The number of nitrogens with zero attached hydrogens (tertiary/aromatic N) is 2. The molecule has 0 radical (unpaired) electrons. The summed E-state index contributed by atoms with van der Waals surface area (Å²) in [6.07, 6.45) is -1.15. The summed E-state index contributed by atoms with van der Waals surface area (Å²) < 4.78 is 20.5. The van der Waals surface area contributed by atoms with Crippen LogP contribution in [0.1, 0.15) is 11.1 Å². The van der Waals surface area contributed by atoms with Crippen molar-refractivity contribution in [2.45, 2.75) is 11.8 Å². The highest BCUT2D eigenvalue weighted by Crippen LogP contribution is 2.44. The molecular formula is C23H22FN3O2. The highest BCUT2D eigenvalue weighted by molar-refractivity contribution is 5.82. The van der Waals surface area contributed by atoms with Gasteiger partial charge < -0.3 is 20.5 Å². The predicted molar refractivity (Wildman–Crippen MR) is 111 cm³/mol. The van der Waals surface area contributed by atoms with Gasteiger partial charge in [0.1, 0.15) is 11.6 Å². The topological polar surface area (TPSA) is 71.1 Å². The first-order valence-corrected chi connectivity index (χ1v) is 9.23. The van der Waals surface area contributed by atoms with Crippen LogP contribution in [0.2, 0.25) is 0 Å². The van der Waals surface area contributed by atoms with E-state index in [9.17, 15) is 5.11 Å². The quantitative estimate of drug-likeness (QED) is 0.716. The summed E-state index contributed by atoms with van der Waals surface area (Å²) in [5.41, 5.74) is 7.22. The molecule has 1 aliphatic heterocycles. The molecule has 0 fully saturated rings. The summed E-state index contributed by atoms with van der Waals surface area (Å²) in [6.45, 7) is 0. The third kappa shape index (κ3) is 3.02. The molecule has 0 aliphatic carbocycles. The van der Waals surface area contributed by atoms with Crippen LogP contribution in [-0.4, -0.2) is 36.4 Å². The Labute approximate surface area is 168 Å². The number of aliphatic hydroxyl groups excluding tert-OH is 1. The Balaban J connectivity index is 1.95. The Morgan fingerprint density at radius 1 is 1.03 bits per heavy atom. The monoisotopic (exact) mass is 391 g/mol. The molecule has 3 aromatic rings. The molecule has 148 valence electrons. The second-order valence-electron chi connectivity index (χ2n) is 7.01. The highest BCUT2D eigenvalue weighted by Gasteiger charge is 2.50. The first-order chi connectivity index (χ1) is 14.0. The second kappa shape index (κ2) is 7.22. The summed E-state index contributed by atoms with van der Waals surface area (Å²) in [6, 6.07) is 21.5. The summed E-state index contributed by atoms with van der Waals surface area (Å²) >= 11 is 0. The van der Waals surface area contributed by atoms with Gasteiger partial charge in [-0.1, -0.05) is 48.5 Å². The molecule has 3 N–H and O–H groups in total. The summed E-state index contributed by atoms with van der Waals surface area (Å²) in [5.74, 6) is 0.382. The van der Waals surface area contributed by atoms with E-state index in [2.05, 4.69) is 4.99 Å². The lowest BCUT2D eigenvalue weighted by molar-refractivity contribution is 0.0298. The van der Waals surface area contributed by atoms with E-state index in [4.69, 9.17) is 10.5 Å². The lowest BCUT2D eigenvalue weighted by Crippen LogP contribution is -2.45. The van der Waals surface area contributed by atoms with E-state index in [1.807, 2.05) is 54.6 Å². The largest absolute Gasteiger partial charge is 0.497 e. The van der Waals surface area contributed by atoms with Crippen LogP contribution in [0.3, 0.4) is 0 Å². The Morgan fingerprint density at radius 3 is 2.41 bits per heavy atom. The summed E-state index contributed by atoms with van der Waals surface area (Å²) in [7, 11) is 3.24. The third-order valence-electron chi connectivity index (χ3n) is 5.39. The number of benzene rings is 3. The number of methoxy groups -OCH3 is 1. The van der Waals surface area contributed by atoms with Gasteiger partial charge in [-0.15, -0.1) is 0 Å². The van der Waals surface area contributed by atoms with Gasteiger partial charge in [-0.05, 0) is 41.0 Å². The summed E-state index contributed by atoms with van der Waals surface area (Å²) in [4.78, 5) is 6.01. The average molecular weight is 391 g/mol. The number of aliphatic imine (C=N–C) groups is 1. The normalized spacial score (nSPS) is 21.2. The average Bonchev–Trinajstić information content (AvgIpc) is 2.99. The van der Waals surface area contributed by atoms with Crippen LogP contribution in [-0.2, 0) is 5.54 Å². The molecule has 0 aromatic heterocycles. The van der Waals surface area contributed by atoms with E-state index < -0.39 is 17.6 Å². The Morgan fingerprint density at radius 2 is 1.76 bits per heavy atom. The predicted octanol–water partition coefficient (Wildman–Crippen LogP) is 3.32. The van der Waals surface area contributed by atoms with Gasteiger partial charge in [0, 0.05) is 12.6 Å². The molecule has 1 aliphatic rings. The van der Waals surface area contributed by atoms with Crippen molar-refractivity contribution in [3.05, 3.63) is 89.7 Å². The number of rotatable bonds is 4. The van der Waals surface area contributed by atoms with Crippen molar-refractivity contribution < 1.29 is 14.2 Å². The fourth-order valence-corrected chi connectivity index (χ4v) is 3.78. The van der Waals surface area contributed by atoms with E-state index in [1.54, 1.807) is 26.3 Å². The van der Waals surface area contributed by atoms with E-state index in [0.29, 0.717) is 11.3 Å².